The molecule has 0 fully saturated rings. The van der Waals surface area contributed by atoms with Gasteiger partial charge in [0.25, 0.3) is 0 Å². The maximum Gasteiger partial charge on any atom is 1.00 e. The Morgan fingerprint density at radius 3 is 2.21 bits per heavy atom. The molecule has 2 rings (SSSR count). The standard InChI is InChI=1S/C12H12N.C4H10O.Li/c1-13(2)12-9-5-7-10-6-3-4-8-11(10)12;1-3-5-4-2;/h3-7,9H,1-2H3;3-4H2,1-2H3;/q-1;;+1. The van der Waals surface area contributed by atoms with Gasteiger partial charge >= 0.3 is 18.9 Å². The van der Waals surface area contributed by atoms with Crippen LogP contribution in [0, 0.1) is 6.07 Å². The summed E-state index contributed by atoms with van der Waals surface area (Å²) in [6.45, 7) is 5.67. The van der Waals surface area contributed by atoms with Gasteiger partial charge in [0, 0.05) is 13.2 Å². The van der Waals surface area contributed by atoms with Crippen LogP contribution in [0.3, 0.4) is 0 Å². The van der Waals surface area contributed by atoms with Crippen LogP contribution in [-0.2, 0) is 4.74 Å². The minimum Gasteiger partial charge on any atom is -0.415 e. The largest absolute Gasteiger partial charge is 1.00 e. The van der Waals surface area contributed by atoms with E-state index in [9.17, 15) is 0 Å². The summed E-state index contributed by atoms with van der Waals surface area (Å²) in [7, 11) is 4.10. The van der Waals surface area contributed by atoms with Gasteiger partial charge in [0.15, 0.2) is 0 Å². The van der Waals surface area contributed by atoms with Gasteiger partial charge in [-0.15, -0.1) is 35.0 Å². The predicted molar refractivity (Wildman–Crippen MR) is 79.3 cm³/mol. The monoisotopic (exact) mass is 251 g/mol. The minimum absolute atomic E-state index is 0. The van der Waals surface area contributed by atoms with E-state index in [4.69, 9.17) is 4.74 Å². The molecule has 0 radical (unpaired) electrons. The summed E-state index contributed by atoms with van der Waals surface area (Å²) < 4.78 is 4.83. The Balaban J connectivity index is 0.000000471. The van der Waals surface area contributed by atoms with Crippen LogP contribution in [0.25, 0.3) is 10.8 Å². The normalized spacial score (nSPS) is 9.26. The predicted octanol–water partition coefficient (Wildman–Crippen LogP) is 0.753. The molecule has 0 unspecified atom stereocenters. The molecule has 0 atom stereocenters. The second kappa shape index (κ2) is 9.92. The maximum absolute atomic E-state index is 4.83. The van der Waals surface area contributed by atoms with E-state index in [0.717, 1.165) is 13.2 Å². The number of ether oxygens (including phenoxy) is 1. The molecule has 0 spiro atoms. The number of fused-ring (bicyclic) bond motifs is 1. The van der Waals surface area contributed by atoms with Crippen molar-refractivity contribution >= 4 is 16.5 Å². The fourth-order valence-electron chi connectivity index (χ4n) is 1.71. The molecule has 0 aromatic heterocycles. The number of benzene rings is 2. The number of anilines is 1. The Hall–Kier alpha value is -0.943. The molecule has 0 amide bonds. The van der Waals surface area contributed by atoms with Crippen LogP contribution in [-0.4, -0.2) is 27.3 Å². The van der Waals surface area contributed by atoms with E-state index < -0.39 is 0 Å². The molecular formula is C16H22LiNO. The first kappa shape index (κ1) is 18.1. The van der Waals surface area contributed by atoms with Crippen molar-refractivity contribution < 1.29 is 23.6 Å². The SMILES string of the molecule is CCOCC.CN(C)c1cccc2ccc[c-]c12.[Li+]. The van der Waals surface area contributed by atoms with Gasteiger partial charge in [-0.25, -0.2) is 0 Å². The molecule has 0 aliphatic heterocycles. The average molecular weight is 251 g/mol. The molecule has 0 saturated carbocycles. The van der Waals surface area contributed by atoms with E-state index in [1.807, 2.05) is 26.0 Å². The van der Waals surface area contributed by atoms with Crippen molar-refractivity contribution in [3.05, 3.63) is 42.5 Å². The molecule has 2 aromatic carbocycles. The van der Waals surface area contributed by atoms with Crippen molar-refractivity contribution in [1.29, 1.82) is 0 Å². The van der Waals surface area contributed by atoms with Gasteiger partial charge in [-0.2, -0.15) is 0 Å². The van der Waals surface area contributed by atoms with Crippen molar-refractivity contribution in [3.8, 4) is 0 Å². The summed E-state index contributed by atoms with van der Waals surface area (Å²) in [5.74, 6) is 0. The third-order valence-corrected chi connectivity index (χ3v) is 2.56. The van der Waals surface area contributed by atoms with Crippen molar-refractivity contribution in [2.45, 2.75) is 13.8 Å². The van der Waals surface area contributed by atoms with Gasteiger partial charge in [-0.1, -0.05) is 18.2 Å². The van der Waals surface area contributed by atoms with Gasteiger partial charge in [0.1, 0.15) is 0 Å². The Kier molecular flexibility index (Phi) is 9.43. The zero-order chi connectivity index (χ0) is 13.4. The number of nitrogens with zero attached hydrogens (tertiary/aromatic N) is 1. The van der Waals surface area contributed by atoms with E-state index in [0.29, 0.717) is 0 Å². The molecule has 0 aliphatic carbocycles. The van der Waals surface area contributed by atoms with Crippen LogP contribution in [0.1, 0.15) is 13.8 Å². The van der Waals surface area contributed by atoms with E-state index in [1.54, 1.807) is 0 Å². The molecule has 98 valence electrons. The first-order valence-corrected chi connectivity index (χ1v) is 6.35. The van der Waals surface area contributed by atoms with Crippen molar-refractivity contribution in [1.82, 2.24) is 0 Å². The molecule has 0 N–H and O–H groups in total. The molecule has 2 aromatic rings. The summed E-state index contributed by atoms with van der Waals surface area (Å²) in [5.41, 5.74) is 1.22. The topological polar surface area (TPSA) is 12.5 Å². The molecule has 0 saturated heterocycles. The van der Waals surface area contributed by atoms with Crippen molar-refractivity contribution in [2.75, 3.05) is 32.2 Å². The average Bonchev–Trinajstić information content (AvgIpc) is 2.39. The van der Waals surface area contributed by atoms with Crippen LogP contribution in [0.4, 0.5) is 5.69 Å². The summed E-state index contributed by atoms with van der Waals surface area (Å²) in [6, 6.07) is 15.6. The molecule has 19 heavy (non-hydrogen) atoms. The second-order valence-corrected chi connectivity index (χ2v) is 4.09. The second-order valence-electron chi connectivity index (χ2n) is 4.09. The van der Waals surface area contributed by atoms with E-state index in [-0.39, 0.29) is 18.9 Å². The fraction of sp³-hybridized carbons (Fsp3) is 0.375. The molecule has 0 bridgehead atoms. The summed E-state index contributed by atoms with van der Waals surface area (Å²) in [5, 5.41) is 2.43. The van der Waals surface area contributed by atoms with Crippen molar-refractivity contribution in [2.24, 2.45) is 0 Å². The Morgan fingerprint density at radius 2 is 1.68 bits per heavy atom. The van der Waals surface area contributed by atoms with Crippen LogP contribution >= 0.6 is 0 Å². The van der Waals surface area contributed by atoms with Crippen LogP contribution in [0.5, 0.6) is 0 Å². The van der Waals surface area contributed by atoms with Gasteiger partial charge in [-0.3, -0.25) is 0 Å². The molecule has 0 aliphatic rings. The number of rotatable bonds is 3. The smallest absolute Gasteiger partial charge is 0.415 e. The van der Waals surface area contributed by atoms with Crippen LogP contribution < -0.4 is 23.8 Å². The summed E-state index contributed by atoms with van der Waals surface area (Å²) in [4.78, 5) is 2.11. The van der Waals surface area contributed by atoms with Gasteiger partial charge in [-0.05, 0) is 33.6 Å². The Morgan fingerprint density at radius 1 is 1.05 bits per heavy atom. The van der Waals surface area contributed by atoms with E-state index >= 15 is 0 Å². The van der Waals surface area contributed by atoms with Gasteiger partial charge in [0.05, 0.1) is 0 Å². The Labute approximate surface area is 128 Å². The summed E-state index contributed by atoms with van der Waals surface area (Å²) in [6.07, 6.45) is 0. The minimum atomic E-state index is 0. The first-order chi connectivity index (χ1) is 8.70. The molecule has 0 heterocycles. The first-order valence-electron chi connectivity index (χ1n) is 6.35. The zero-order valence-corrected chi connectivity index (χ0v) is 12.7. The molecular weight excluding hydrogens is 229 g/mol. The maximum atomic E-state index is 4.83. The summed E-state index contributed by atoms with van der Waals surface area (Å²) >= 11 is 0. The number of hydrogen-bond acceptors (Lipinski definition) is 2. The third kappa shape index (κ3) is 5.70. The zero-order valence-electron chi connectivity index (χ0n) is 12.7. The van der Waals surface area contributed by atoms with E-state index in [1.165, 1.54) is 16.5 Å². The van der Waals surface area contributed by atoms with Crippen molar-refractivity contribution in [3.63, 3.8) is 0 Å². The van der Waals surface area contributed by atoms with Gasteiger partial charge < -0.3 is 9.64 Å². The fourth-order valence-corrected chi connectivity index (χ4v) is 1.71. The van der Waals surface area contributed by atoms with E-state index in [2.05, 4.69) is 49.3 Å². The molecule has 2 nitrogen and oxygen atoms in total. The van der Waals surface area contributed by atoms with Crippen LogP contribution in [0.15, 0.2) is 36.4 Å². The van der Waals surface area contributed by atoms with Crippen LogP contribution in [0.2, 0.25) is 0 Å². The van der Waals surface area contributed by atoms with Gasteiger partial charge in [0.2, 0.25) is 0 Å². The number of hydrogen-bond donors (Lipinski definition) is 0. The third-order valence-electron chi connectivity index (χ3n) is 2.56. The molecule has 3 heteroatoms. The quantitative estimate of drug-likeness (QED) is 0.590. The Bertz CT molecular complexity index is 464.